The van der Waals surface area contributed by atoms with Crippen molar-refractivity contribution in [2.24, 2.45) is 5.92 Å². The maximum atomic E-state index is 13.6. The smallest absolute Gasteiger partial charge is 0.248 e. The summed E-state index contributed by atoms with van der Waals surface area (Å²) in [6.45, 7) is 3.99. The number of rotatable bonds is 7. The Morgan fingerprint density at radius 2 is 2.10 bits per heavy atom. The van der Waals surface area contributed by atoms with E-state index in [0.717, 1.165) is 0 Å². The summed E-state index contributed by atoms with van der Waals surface area (Å²) in [4.78, 5) is 14.4. The molecule has 164 valence electrons. The highest BCUT2D eigenvalue weighted by Gasteiger charge is 2.37. The summed E-state index contributed by atoms with van der Waals surface area (Å²) in [7, 11) is -2.16. The number of benzene rings is 1. The molecule has 0 spiro atoms. The second-order valence-corrected chi connectivity index (χ2v) is 9.27. The number of nitrogens with zero attached hydrogens (tertiary/aromatic N) is 3. The number of carbonyl (C=O) groups is 1. The summed E-state index contributed by atoms with van der Waals surface area (Å²) >= 11 is 0. The molecule has 1 aliphatic rings. The number of aryl methyl sites for hydroxylation is 2. The molecular weight excluding hydrogens is 413 g/mol. The Kier molecular flexibility index (Phi) is 6.77. The second kappa shape index (κ2) is 9.13. The standard InChI is InChI=1S/C20H26FN3O5S/c1-14-19(15(2)29-22-14)30(26,27)24-10-6-7-16(13-24)20(25)23(3)11-12-28-18-9-5-4-8-17(18)21/h4-5,8-9,16H,6-7,10-13H2,1-3H3. The lowest BCUT2D eigenvalue weighted by molar-refractivity contribution is -0.135. The molecule has 0 aliphatic carbocycles. The predicted molar refractivity (Wildman–Crippen MR) is 107 cm³/mol. The van der Waals surface area contributed by atoms with Crippen molar-refractivity contribution in [1.29, 1.82) is 0 Å². The van der Waals surface area contributed by atoms with Crippen LogP contribution in [-0.4, -0.2) is 62.0 Å². The minimum atomic E-state index is -3.79. The van der Waals surface area contributed by atoms with E-state index in [4.69, 9.17) is 9.26 Å². The molecule has 0 radical (unpaired) electrons. The quantitative estimate of drug-likeness (QED) is 0.658. The van der Waals surface area contributed by atoms with Gasteiger partial charge >= 0.3 is 0 Å². The van der Waals surface area contributed by atoms with Crippen LogP contribution in [0.2, 0.25) is 0 Å². The zero-order chi connectivity index (χ0) is 21.9. The molecule has 30 heavy (non-hydrogen) atoms. The summed E-state index contributed by atoms with van der Waals surface area (Å²) in [5.41, 5.74) is 0.309. The molecule has 2 heterocycles. The first-order valence-electron chi connectivity index (χ1n) is 9.77. The van der Waals surface area contributed by atoms with Gasteiger partial charge < -0.3 is 14.2 Å². The van der Waals surface area contributed by atoms with Crippen LogP contribution in [0.5, 0.6) is 5.75 Å². The number of hydrogen-bond donors (Lipinski definition) is 0. The fraction of sp³-hybridized carbons (Fsp3) is 0.500. The molecule has 1 atom stereocenters. The number of likely N-dealkylation sites (N-methyl/N-ethyl adjacent to an activating group) is 1. The number of para-hydroxylation sites is 1. The molecule has 1 amide bonds. The van der Waals surface area contributed by atoms with Crippen LogP contribution >= 0.6 is 0 Å². The Balaban J connectivity index is 1.60. The third-order valence-electron chi connectivity index (χ3n) is 5.20. The first-order chi connectivity index (χ1) is 14.2. The maximum absolute atomic E-state index is 13.6. The molecule has 1 unspecified atom stereocenters. The first kappa shape index (κ1) is 22.2. The van der Waals surface area contributed by atoms with Crippen LogP contribution in [0, 0.1) is 25.6 Å². The molecule has 10 heteroatoms. The van der Waals surface area contributed by atoms with Crippen molar-refractivity contribution in [3.63, 3.8) is 0 Å². The van der Waals surface area contributed by atoms with Gasteiger partial charge in [0.2, 0.25) is 15.9 Å². The monoisotopic (exact) mass is 439 g/mol. The molecule has 0 saturated carbocycles. The van der Waals surface area contributed by atoms with Gasteiger partial charge in [-0.15, -0.1) is 0 Å². The lowest BCUT2D eigenvalue weighted by Crippen LogP contribution is -2.46. The van der Waals surface area contributed by atoms with Crippen molar-refractivity contribution < 1.29 is 26.9 Å². The van der Waals surface area contributed by atoms with E-state index >= 15 is 0 Å². The zero-order valence-electron chi connectivity index (χ0n) is 17.3. The predicted octanol–water partition coefficient (Wildman–Crippen LogP) is 2.37. The largest absolute Gasteiger partial charge is 0.489 e. The topological polar surface area (TPSA) is 93.0 Å². The summed E-state index contributed by atoms with van der Waals surface area (Å²) in [6.07, 6.45) is 1.18. The van der Waals surface area contributed by atoms with Crippen LogP contribution in [0.1, 0.15) is 24.3 Å². The highest BCUT2D eigenvalue weighted by molar-refractivity contribution is 7.89. The van der Waals surface area contributed by atoms with E-state index in [1.165, 1.54) is 21.3 Å². The zero-order valence-corrected chi connectivity index (χ0v) is 18.1. The van der Waals surface area contributed by atoms with E-state index in [-0.39, 0.29) is 42.0 Å². The molecule has 3 rings (SSSR count). The lowest BCUT2D eigenvalue weighted by Gasteiger charge is -2.33. The average molecular weight is 440 g/mol. The van der Waals surface area contributed by atoms with Gasteiger partial charge in [-0.05, 0) is 38.8 Å². The molecule has 2 aromatic rings. The molecule has 0 N–H and O–H groups in total. The Bertz CT molecular complexity index is 988. The fourth-order valence-corrected chi connectivity index (χ4v) is 5.43. The van der Waals surface area contributed by atoms with E-state index in [9.17, 15) is 17.6 Å². The number of amides is 1. The van der Waals surface area contributed by atoms with Crippen molar-refractivity contribution in [1.82, 2.24) is 14.4 Å². The molecule has 1 saturated heterocycles. The summed E-state index contributed by atoms with van der Waals surface area (Å²) in [6, 6.07) is 6.07. The van der Waals surface area contributed by atoms with Crippen molar-refractivity contribution in [3.8, 4) is 5.75 Å². The number of halogens is 1. The van der Waals surface area contributed by atoms with Gasteiger partial charge in [0.1, 0.15) is 17.2 Å². The second-order valence-electron chi connectivity index (χ2n) is 7.39. The lowest BCUT2D eigenvalue weighted by atomic mass is 9.98. The molecule has 1 aliphatic heterocycles. The first-order valence-corrected chi connectivity index (χ1v) is 11.2. The highest BCUT2D eigenvalue weighted by atomic mass is 32.2. The van der Waals surface area contributed by atoms with Gasteiger partial charge in [-0.3, -0.25) is 4.79 Å². The summed E-state index contributed by atoms with van der Waals surface area (Å²) < 4.78 is 51.4. The van der Waals surface area contributed by atoms with E-state index < -0.39 is 21.8 Å². The van der Waals surface area contributed by atoms with Gasteiger partial charge in [0.25, 0.3) is 0 Å². The summed E-state index contributed by atoms with van der Waals surface area (Å²) in [5.74, 6) is -0.701. The van der Waals surface area contributed by atoms with Crippen LogP contribution < -0.4 is 4.74 Å². The van der Waals surface area contributed by atoms with Gasteiger partial charge in [0.15, 0.2) is 17.3 Å². The molecule has 0 bridgehead atoms. The normalized spacial score (nSPS) is 17.7. The number of aromatic nitrogens is 1. The van der Waals surface area contributed by atoms with Crippen molar-refractivity contribution in [2.45, 2.75) is 31.6 Å². The van der Waals surface area contributed by atoms with E-state index in [0.29, 0.717) is 25.1 Å². The maximum Gasteiger partial charge on any atom is 0.248 e. The van der Waals surface area contributed by atoms with Gasteiger partial charge in [0.05, 0.1) is 12.5 Å². The van der Waals surface area contributed by atoms with E-state index in [2.05, 4.69) is 5.16 Å². The number of piperidine rings is 1. The highest BCUT2D eigenvalue weighted by Crippen LogP contribution is 2.28. The average Bonchev–Trinajstić information content (AvgIpc) is 3.07. The van der Waals surface area contributed by atoms with Gasteiger partial charge in [-0.2, -0.15) is 4.31 Å². The number of carbonyl (C=O) groups excluding carboxylic acids is 1. The van der Waals surface area contributed by atoms with E-state index in [1.54, 1.807) is 33.0 Å². The van der Waals surface area contributed by atoms with Crippen molar-refractivity contribution in [3.05, 3.63) is 41.5 Å². The minimum absolute atomic E-state index is 0.0715. The minimum Gasteiger partial charge on any atom is -0.489 e. The van der Waals surface area contributed by atoms with Crippen molar-refractivity contribution in [2.75, 3.05) is 33.3 Å². The van der Waals surface area contributed by atoms with Gasteiger partial charge in [0, 0.05) is 20.1 Å². The van der Waals surface area contributed by atoms with E-state index in [1.807, 2.05) is 0 Å². The third kappa shape index (κ3) is 4.65. The van der Waals surface area contributed by atoms with Crippen LogP contribution in [0.15, 0.2) is 33.7 Å². The number of ether oxygens (including phenoxy) is 1. The Morgan fingerprint density at radius 1 is 1.37 bits per heavy atom. The van der Waals surface area contributed by atoms with Crippen LogP contribution in [0.4, 0.5) is 4.39 Å². The fourth-order valence-electron chi connectivity index (χ4n) is 3.61. The molecule has 8 nitrogen and oxygen atoms in total. The Hall–Kier alpha value is -2.46. The Morgan fingerprint density at radius 3 is 2.77 bits per heavy atom. The number of sulfonamides is 1. The summed E-state index contributed by atoms with van der Waals surface area (Å²) in [5, 5.41) is 3.73. The molecule has 1 fully saturated rings. The van der Waals surface area contributed by atoms with Crippen molar-refractivity contribution >= 4 is 15.9 Å². The molecule has 1 aromatic carbocycles. The SMILES string of the molecule is Cc1noc(C)c1S(=O)(=O)N1CCCC(C(=O)N(C)CCOc2ccccc2F)C1. The van der Waals surface area contributed by atoms with Gasteiger partial charge in [-0.1, -0.05) is 17.3 Å². The van der Waals surface area contributed by atoms with Crippen LogP contribution in [0.25, 0.3) is 0 Å². The van der Waals surface area contributed by atoms with Crippen LogP contribution in [-0.2, 0) is 14.8 Å². The van der Waals surface area contributed by atoms with Gasteiger partial charge in [-0.25, -0.2) is 12.8 Å². The van der Waals surface area contributed by atoms with Crippen LogP contribution in [0.3, 0.4) is 0 Å². The third-order valence-corrected chi connectivity index (χ3v) is 7.31. The Labute approximate surface area is 175 Å². The molecular formula is C20H26FN3O5S. The number of hydrogen-bond acceptors (Lipinski definition) is 6. The molecule has 1 aromatic heterocycles.